The summed E-state index contributed by atoms with van der Waals surface area (Å²) >= 11 is 0. The number of hydrogen-bond acceptors (Lipinski definition) is 3. The van der Waals surface area contributed by atoms with Crippen molar-refractivity contribution in [2.45, 2.75) is 52.5 Å². The van der Waals surface area contributed by atoms with Crippen LogP contribution in [0.3, 0.4) is 0 Å². The molecular formula is C21H28N2O3. The number of nitrogens with zero attached hydrogens (tertiary/aromatic N) is 1. The monoisotopic (exact) mass is 356 g/mol. The molecule has 140 valence electrons. The number of aryl methyl sites for hydroxylation is 1. The van der Waals surface area contributed by atoms with Gasteiger partial charge in [0, 0.05) is 18.3 Å². The number of β-lactam (4-membered cyclic amide) rings is 1. The number of nitrogens with one attached hydrogen (secondary N) is 1. The SMILES string of the molecule is C[C@@H]1[C@H](CCc2ccccc2)C(=O)NC12CN(C(=O)CC(C)(C)C)C2=O. The zero-order valence-corrected chi connectivity index (χ0v) is 16.0. The Balaban J connectivity index is 1.65. The van der Waals surface area contributed by atoms with Gasteiger partial charge in [-0.25, -0.2) is 0 Å². The number of imide groups is 1. The molecule has 26 heavy (non-hydrogen) atoms. The average molecular weight is 356 g/mol. The van der Waals surface area contributed by atoms with Crippen LogP contribution in [0.5, 0.6) is 0 Å². The quantitative estimate of drug-likeness (QED) is 0.843. The fourth-order valence-corrected chi connectivity index (χ4v) is 4.07. The second-order valence-electron chi connectivity index (χ2n) is 8.90. The number of amides is 3. The van der Waals surface area contributed by atoms with E-state index in [1.54, 1.807) is 0 Å². The fraction of sp³-hybridized carbons (Fsp3) is 0.571. The first-order chi connectivity index (χ1) is 12.1. The van der Waals surface area contributed by atoms with Gasteiger partial charge < -0.3 is 5.32 Å². The first-order valence-corrected chi connectivity index (χ1v) is 9.35. The van der Waals surface area contributed by atoms with Crippen LogP contribution in [0, 0.1) is 17.3 Å². The summed E-state index contributed by atoms with van der Waals surface area (Å²) in [5, 5.41) is 2.92. The van der Waals surface area contributed by atoms with Gasteiger partial charge >= 0.3 is 0 Å². The average Bonchev–Trinajstić information content (AvgIpc) is 2.82. The molecule has 1 aromatic carbocycles. The van der Waals surface area contributed by atoms with E-state index in [0.717, 1.165) is 6.42 Å². The zero-order valence-electron chi connectivity index (χ0n) is 16.0. The lowest BCUT2D eigenvalue weighted by Crippen LogP contribution is -2.75. The lowest BCUT2D eigenvalue weighted by atomic mass is 9.73. The summed E-state index contributed by atoms with van der Waals surface area (Å²) in [4.78, 5) is 38.9. The van der Waals surface area contributed by atoms with Crippen LogP contribution in [0.2, 0.25) is 0 Å². The summed E-state index contributed by atoms with van der Waals surface area (Å²) in [7, 11) is 0. The molecule has 1 aromatic rings. The topological polar surface area (TPSA) is 66.5 Å². The molecule has 3 amide bonds. The van der Waals surface area contributed by atoms with E-state index in [1.807, 2.05) is 45.9 Å². The molecule has 3 rings (SSSR count). The van der Waals surface area contributed by atoms with Crippen molar-refractivity contribution < 1.29 is 14.4 Å². The highest BCUT2D eigenvalue weighted by Crippen LogP contribution is 2.42. The van der Waals surface area contributed by atoms with Crippen LogP contribution in [0.4, 0.5) is 0 Å². The third-order valence-corrected chi connectivity index (χ3v) is 5.67. The molecule has 0 bridgehead atoms. The normalized spacial score (nSPS) is 28.2. The molecule has 0 aliphatic carbocycles. The molecule has 3 atom stereocenters. The predicted octanol–water partition coefficient (Wildman–Crippen LogP) is 2.55. The minimum absolute atomic E-state index is 0.0651. The summed E-state index contributed by atoms with van der Waals surface area (Å²) in [6, 6.07) is 10.1. The van der Waals surface area contributed by atoms with Crippen LogP contribution in [0.15, 0.2) is 30.3 Å². The molecule has 0 aromatic heterocycles. The Morgan fingerprint density at radius 1 is 1.23 bits per heavy atom. The standard InChI is InChI=1S/C21H28N2O3/c1-14-16(11-10-15-8-6-5-7-9-15)18(25)22-21(14)13-23(19(21)26)17(24)12-20(2,3)4/h5-9,14,16H,10-13H2,1-4H3,(H,22,25)/t14-,16+,21?/m1/s1. The molecule has 2 saturated heterocycles. The molecule has 1 N–H and O–H groups in total. The van der Waals surface area contributed by atoms with Crippen LogP contribution >= 0.6 is 0 Å². The zero-order chi connectivity index (χ0) is 19.1. The maximum Gasteiger partial charge on any atom is 0.257 e. The van der Waals surface area contributed by atoms with Gasteiger partial charge in [-0.15, -0.1) is 0 Å². The van der Waals surface area contributed by atoms with E-state index >= 15 is 0 Å². The van der Waals surface area contributed by atoms with Crippen molar-refractivity contribution in [2.24, 2.45) is 17.3 Å². The number of rotatable bonds is 4. The Labute approximate surface area is 155 Å². The van der Waals surface area contributed by atoms with E-state index in [9.17, 15) is 14.4 Å². The molecule has 2 aliphatic rings. The Kier molecular flexibility index (Phi) is 4.67. The minimum atomic E-state index is -0.883. The van der Waals surface area contributed by atoms with Crippen molar-refractivity contribution in [1.29, 1.82) is 0 Å². The Hall–Kier alpha value is -2.17. The van der Waals surface area contributed by atoms with Crippen LogP contribution in [0.25, 0.3) is 0 Å². The van der Waals surface area contributed by atoms with E-state index in [-0.39, 0.29) is 35.0 Å². The number of carbonyl (C=O) groups excluding carboxylic acids is 3. The second kappa shape index (κ2) is 6.53. The summed E-state index contributed by atoms with van der Waals surface area (Å²) in [6.07, 6.45) is 1.84. The largest absolute Gasteiger partial charge is 0.340 e. The van der Waals surface area contributed by atoms with E-state index in [0.29, 0.717) is 19.4 Å². The molecule has 1 unspecified atom stereocenters. The van der Waals surface area contributed by atoms with Crippen molar-refractivity contribution in [2.75, 3.05) is 6.54 Å². The Morgan fingerprint density at radius 2 is 1.88 bits per heavy atom. The van der Waals surface area contributed by atoms with Crippen LogP contribution in [-0.4, -0.2) is 34.7 Å². The van der Waals surface area contributed by atoms with Gasteiger partial charge in [0.1, 0.15) is 5.54 Å². The smallest absolute Gasteiger partial charge is 0.257 e. The van der Waals surface area contributed by atoms with Crippen LogP contribution < -0.4 is 5.32 Å². The van der Waals surface area contributed by atoms with Crippen molar-refractivity contribution in [3.05, 3.63) is 35.9 Å². The molecular weight excluding hydrogens is 328 g/mol. The van der Waals surface area contributed by atoms with Crippen molar-refractivity contribution >= 4 is 17.7 Å². The molecule has 0 saturated carbocycles. The maximum atomic E-state index is 12.8. The Morgan fingerprint density at radius 3 is 2.46 bits per heavy atom. The van der Waals surface area contributed by atoms with Gasteiger partial charge in [-0.3, -0.25) is 19.3 Å². The molecule has 2 fully saturated rings. The first kappa shape index (κ1) is 18.6. The predicted molar refractivity (Wildman–Crippen MR) is 99.1 cm³/mol. The third kappa shape index (κ3) is 3.27. The van der Waals surface area contributed by atoms with Crippen LogP contribution in [0.1, 0.15) is 46.1 Å². The second-order valence-corrected chi connectivity index (χ2v) is 8.90. The molecule has 5 nitrogen and oxygen atoms in total. The highest BCUT2D eigenvalue weighted by molar-refractivity contribution is 6.09. The van der Waals surface area contributed by atoms with E-state index in [4.69, 9.17) is 0 Å². The van der Waals surface area contributed by atoms with Gasteiger partial charge in [-0.1, -0.05) is 58.0 Å². The van der Waals surface area contributed by atoms with Gasteiger partial charge in [-0.2, -0.15) is 0 Å². The van der Waals surface area contributed by atoms with E-state index < -0.39 is 5.54 Å². The number of carbonyl (C=O) groups is 3. The molecule has 0 radical (unpaired) electrons. The van der Waals surface area contributed by atoms with Gasteiger partial charge in [-0.05, 0) is 23.8 Å². The highest BCUT2D eigenvalue weighted by Gasteiger charge is 2.64. The van der Waals surface area contributed by atoms with Crippen molar-refractivity contribution in [3.8, 4) is 0 Å². The lowest BCUT2D eigenvalue weighted by molar-refractivity contribution is -0.165. The third-order valence-electron chi connectivity index (χ3n) is 5.67. The molecule has 2 aliphatic heterocycles. The highest BCUT2D eigenvalue weighted by atomic mass is 16.2. The number of benzene rings is 1. The lowest BCUT2D eigenvalue weighted by Gasteiger charge is -2.48. The summed E-state index contributed by atoms with van der Waals surface area (Å²) in [6.45, 7) is 8.19. The maximum absolute atomic E-state index is 12.8. The van der Waals surface area contributed by atoms with Gasteiger partial charge in [0.05, 0.1) is 6.54 Å². The van der Waals surface area contributed by atoms with Crippen molar-refractivity contribution in [1.82, 2.24) is 10.2 Å². The molecule has 2 heterocycles. The van der Waals surface area contributed by atoms with Gasteiger partial charge in [0.2, 0.25) is 11.8 Å². The minimum Gasteiger partial charge on any atom is -0.340 e. The van der Waals surface area contributed by atoms with Crippen LogP contribution in [-0.2, 0) is 20.8 Å². The fourth-order valence-electron chi connectivity index (χ4n) is 4.07. The number of likely N-dealkylation sites (tertiary alicyclic amines) is 1. The van der Waals surface area contributed by atoms with Crippen molar-refractivity contribution in [3.63, 3.8) is 0 Å². The van der Waals surface area contributed by atoms with Gasteiger partial charge in [0.25, 0.3) is 5.91 Å². The molecule has 1 spiro atoms. The van der Waals surface area contributed by atoms with E-state index in [1.165, 1.54) is 10.5 Å². The summed E-state index contributed by atoms with van der Waals surface area (Å²) < 4.78 is 0. The summed E-state index contributed by atoms with van der Waals surface area (Å²) in [5.41, 5.74) is 0.143. The first-order valence-electron chi connectivity index (χ1n) is 9.35. The van der Waals surface area contributed by atoms with Gasteiger partial charge in [0.15, 0.2) is 0 Å². The molecule has 5 heteroatoms. The van der Waals surface area contributed by atoms with E-state index in [2.05, 4.69) is 17.4 Å². The Bertz CT molecular complexity index is 723. The number of hydrogen-bond donors (Lipinski definition) is 1. The summed E-state index contributed by atoms with van der Waals surface area (Å²) in [5.74, 6) is -0.759.